The molecule has 0 amide bonds. The van der Waals surface area contributed by atoms with Gasteiger partial charge in [0.25, 0.3) is 0 Å². The number of rotatable bonds is 5. The monoisotopic (exact) mass is 310 g/mol. The van der Waals surface area contributed by atoms with Crippen LogP contribution in [0.1, 0.15) is 18.9 Å². The van der Waals surface area contributed by atoms with Gasteiger partial charge in [-0.2, -0.15) is 0 Å². The molecule has 3 rings (SSSR count). The first-order chi connectivity index (χ1) is 11.0. The van der Waals surface area contributed by atoms with Crippen molar-refractivity contribution in [2.45, 2.75) is 25.3 Å². The third-order valence-corrected chi connectivity index (χ3v) is 4.07. The lowest BCUT2D eigenvalue weighted by Gasteiger charge is -2.22. The molecular weight excluding hydrogens is 292 g/mol. The van der Waals surface area contributed by atoms with E-state index in [2.05, 4.69) is 4.98 Å². The summed E-state index contributed by atoms with van der Waals surface area (Å²) >= 11 is 0. The van der Waals surface area contributed by atoms with Crippen LogP contribution in [0.3, 0.4) is 0 Å². The second kappa shape index (κ2) is 5.85. The lowest BCUT2D eigenvalue weighted by atomic mass is 9.89. The number of aliphatic carboxylic acids is 1. The van der Waals surface area contributed by atoms with E-state index >= 15 is 0 Å². The highest BCUT2D eigenvalue weighted by atomic mass is 16.4. The topological polar surface area (TPSA) is 89.4 Å². The van der Waals surface area contributed by atoms with Crippen LogP contribution < -0.4 is 5.73 Å². The molecule has 1 heterocycles. The maximum atomic E-state index is 11.3. The van der Waals surface area contributed by atoms with Gasteiger partial charge < -0.3 is 15.3 Å². The normalized spacial score (nSPS) is 13.8. The van der Waals surface area contributed by atoms with Crippen LogP contribution >= 0.6 is 0 Å². The lowest BCUT2D eigenvalue weighted by Crippen LogP contribution is -2.49. The Labute approximate surface area is 133 Å². The Morgan fingerprint density at radius 1 is 1.22 bits per heavy atom. The highest BCUT2D eigenvalue weighted by Crippen LogP contribution is 2.25. The van der Waals surface area contributed by atoms with Crippen LogP contribution in [-0.2, 0) is 11.2 Å². The van der Waals surface area contributed by atoms with E-state index in [-0.39, 0.29) is 6.42 Å². The number of nitrogens with two attached hydrogens (primary N) is 1. The Hall–Kier alpha value is -2.66. The number of nitrogens with zero attached hydrogens (tertiary/aromatic N) is 1. The summed E-state index contributed by atoms with van der Waals surface area (Å²) < 4.78 is 5.72. The maximum absolute atomic E-state index is 11.3. The number of carboxylic acids is 1. The Bertz CT molecular complexity index is 806. The molecule has 0 aliphatic carbocycles. The van der Waals surface area contributed by atoms with Crippen molar-refractivity contribution < 1.29 is 14.3 Å². The summed E-state index contributed by atoms with van der Waals surface area (Å²) in [6, 6.07) is 15.1. The SMILES string of the molecule is CCC(N)(Cc1ccc(-c2nc3ccccc3o2)cc1)C(=O)O. The predicted molar refractivity (Wildman–Crippen MR) is 88.0 cm³/mol. The summed E-state index contributed by atoms with van der Waals surface area (Å²) in [7, 11) is 0. The molecule has 0 saturated carbocycles. The van der Waals surface area contributed by atoms with Crippen LogP contribution in [0.4, 0.5) is 0 Å². The summed E-state index contributed by atoms with van der Waals surface area (Å²) in [4.78, 5) is 15.7. The Morgan fingerprint density at radius 2 is 1.91 bits per heavy atom. The molecule has 5 heteroatoms. The number of oxazole rings is 1. The van der Waals surface area contributed by atoms with Gasteiger partial charge in [-0.3, -0.25) is 4.79 Å². The van der Waals surface area contributed by atoms with Gasteiger partial charge in [0.15, 0.2) is 5.58 Å². The largest absolute Gasteiger partial charge is 0.480 e. The third-order valence-electron chi connectivity index (χ3n) is 4.07. The molecule has 0 saturated heterocycles. The lowest BCUT2D eigenvalue weighted by molar-refractivity contribution is -0.143. The van der Waals surface area contributed by atoms with Crippen molar-refractivity contribution in [3.05, 3.63) is 54.1 Å². The van der Waals surface area contributed by atoms with Crippen molar-refractivity contribution in [3.8, 4) is 11.5 Å². The number of carboxylic acid groups (broad SMARTS) is 1. The van der Waals surface area contributed by atoms with Crippen molar-refractivity contribution in [2.75, 3.05) is 0 Å². The van der Waals surface area contributed by atoms with Crippen molar-refractivity contribution in [3.63, 3.8) is 0 Å². The zero-order valence-electron chi connectivity index (χ0n) is 12.8. The van der Waals surface area contributed by atoms with Gasteiger partial charge in [0, 0.05) is 12.0 Å². The van der Waals surface area contributed by atoms with Crippen LogP contribution in [0.5, 0.6) is 0 Å². The standard InChI is InChI=1S/C18H18N2O3/c1-2-18(19,17(21)22)11-12-7-9-13(10-8-12)16-20-14-5-3-4-6-15(14)23-16/h3-10H,2,11,19H2,1H3,(H,21,22). The molecule has 0 aliphatic rings. The average Bonchev–Trinajstić information content (AvgIpc) is 2.99. The van der Waals surface area contributed by atoms with Gasteiger partial charge in [-0.05, 0) is 36.2 Å². The summed E-state index contributed by atoms with van der Waals surface area (Å²) in [6.45, 7) is 1.78. The van der Waals surface area contributed by atoms with E-state index in [1.165, 1.54) is 0 Å². The molecule has 1 atom stereocenters. The minimum atomic E-state index is -1.24. The molecule has 118 valence electrons. The summed E-state index contributed by atoms with van der Waals surface area (Å²) in [5, 5.41) is 9.26. The minimum absolute atomic E-state index is 0.284. The van der Waals surface area contributed by atoms with Crippen LogP contribution in [0.2, 0.25) is 0 Å². The van der Waals surface area contributed by atoms with Crippen LogP contribution in [0.25, 0.3) is 22.6 Å². The molecule has 5 nitrogen and oxygen atoms in total. The van der Waals surface area contributed by atoms with Gasteiger partial charge in [-0.25, -0.2) is 4.98 Å². The first-order valence-electron chi connectivity index (χ1n) is 7.49. The first-order valence-corrected chi connectivity index (χ1v) is 7.49. The number of carbonyl (C=O) groups is 1. The fraction of sp³-hybridized carbons (Fsp3) is 0.222. The number of hydrogen-bond acceptors (Lipinski definition) is 4. The molecular formula is C18H18N2O3. The average molecular weight is 310 g/mol. The number of fused-ring (bicyclic) bond motifs is 1. The smallest absolute Gasteiger partial charge is 0.324 e. The van der Waals surface area contributed by atoms with Crippen LogP contribution in [-0.4, -0.2) is 21.6 Å². The van der Waals surface area contributed by atoms with E-state index in [0.717, 1.165) is 22.2 Å². The van der Waals surface area contributed by atoms with Gasteiger partial charge >= 0.3 is 5.97 Å². The molecule has 1 unspecified atom stereocenters. The molecule has 1 aromatic heterocycles. The minimum Gasteiger partial charge on any atom is -0.480 e. The first kappa shape index (κ1) is 15.2. The fourth-order valence-electron chi connectivity index (χ4n) is 2.48. The second-order valence-electron chi connectivity index (χ2n) is 5.68. The van der Waals surface area contributed by atoms with E-state index in [1.807, 2.05) is 48.5 Å². The van der Waals surface area contributed by atoms with Gasteiger partial charge in [0.1, 0.15) is 11.1 Å². The van der Waals surface area contributed by atoms with E-state index in [4.69, 9.17) is 10.2 Å². The van der Waals surface area contributed by atoms with E-state index < -0.39 is 11.5 Å². The summed E-state index contributed by atoms with van der Waals surface area (Å²) in [6.07, 6.45) is 0.655. The summed E-state index contributed by atoms with van der Waals surface area (Å²) in [5.41, 5.74) is 7.97. The molecule has 0 bridgehead atoms. The predicted octanol–water partition coefficient (Wildman–Crippen LogP) is 3.23. The van der Waals surface area contributed by atoms with Crippen molar-refractivity contribution in [2.24, 2.45) is 5.73 Å². The molecule has 3 N–H and O–H groups in total. The fourth-order valence-corrected chi connectivity index (χ4v) is 2.48. The van der Waals surface area contributed by atoms with E-state index in [9.17, 15) is 9.90 Å². The maximum Gasteiger partial charge on any atom is 0.324 e. The van der Waals surface area contributed by atoms with E-state index in [1.54, 1.807) is 6.92 Å². The van der Waals surface area contributed by atoms with Crippen LogP contribution in [0, 0.1) is 0 Å². The quantitative estimate of drug-likeness (QED) is 0.755. The molecule has 0 radical (unpaired) electrons. The Balaban J connectivity index is 1.86. The molecule has 2 aromatic carbocycles. The zero-order valence-corrected chi connectivity index (χ0v) is 12.8. The van der Waals surface area contributed by atoms with Crippen molar-refractivity contribution in [1.82, 2.24) is 4.98 Å². The van der Waals surface area contributed by atoms with E-state index in [0.29, 0.717) is 12.3 Å². The number of para-hydroxylation sites is 2. The molecule has 0 aliphatic heterocycles. The zero-order chi connectivity index (χ0) is 16.4. The van der Waals surface area contributed by atoms with Gasteiger partial charge in [0.05, 0.1) is 0 Å². The Kier molecular flexibility index (Phi) is 3.88. The number of aromatic nitrogens is 1. The summed E-state index contributed by atoms with van der Waals surface area (Å²) in [5.74, 6) is -0.437. The highest BCUT2D eigenvalue weighted by molar-refractivity contribution is 5.79. The third kappa shape index (κ3) is 2.96. The van der Waals surface area contributed by atoms with Crippen LogP contribution in [0.15, 0.2) is 52.9 Å². The number of benzene rings is 2. The number of hydrogen-bond donors (Lipinski definition) is 2. The second-order valence-corrected chi connectivity index (χ2v) is 5.68. The van der Waals surface area contributed by atoms with Crippen molar-refractivity contribution in [1.29, 1.82) is 0 Å². The Morgan fingerprint density at radius 3 is 2.52 bits per heavy atom. The molecule has 23 heavy (non-hydrogen) atoms. The van der Waals surface area contributed by atoms with Gasteiger partial charge in [-0.15, -0.1) is 0 Å². The molecule has 0 fully saturated rings. The van der Waals surface area contributed by atoms with Crippen molar-refractivity contribution >= 4 is 17.1 Å². The molecule has 0 spiro atoms. The molecule has 3 aromatic rings. The highest BCUT2D eigenvalue weighted by Gasteiger charge is 2.31. The van der Waals surface area contributed by atoms with Gasteiger partial charge in [-0.1, -0.05) is 31.2 Å². The van der Waals surface area contributed by atoms with Gasteiger partial charge in [0.2, 0.25) is 5.89 Å².